The standard InChI is InChI=1S/C16H19N3O/c1-3-14(15-5-4-12(2)11-18-15)19-16(20)10-13-6-8-17-9-7-13/h4-9,11,14H,3,10H2,1-2H3,(H,19,20)/t14-/m1/s1. The lowest BCUT2D eigenvalue weighted by molar-refractivity contribution is -0.121. The van der Waals surface area contributed by atoms with Crippen LogP contribution in [0.4, 0.5) is 0 Å². The highest BCUT2D eigenvalue weighted by Gasteiger charge is 2.14. The number of carbonyl (C=O) groups is 1. The quantitative estimate of drug-likeness (QED) is 0.907. The number of nitrogens with one attached hydrogen (secondary N) is 1. The van der Waals surface area contributed by atoms with Gasteiger partial charge >= 0.3 is 0 Å². The van der Waals surface area contributed by atoms with Gasteiger partial charge in [-0.15, -0.1) is 0 Å². The van der Waals surface area contributed by atoms with E-state index in [4.69, 9.17) is 0 Å². The number of aryl methyl sites for hydroxylation is 1. The molecule has 0 radical (unpaired) electrons. The summed E-state index contributed by atoms with van der Waals surface area (Å²) >= 11 is 0. The Kier molecular flexibility index (Phi) is 4.82. The predicted molar refractivity (Wildman–Crippen MR) is 78.1 cm³/mol. The first kappa shape index (κ1) is 14.2. The molecule has 2 rings (SSSR count). The monoisotopic (exact) mass is 269 g/mol. The van der Waals surface area contributed by atoms with Gasteiger partial charge in [-0.05, 0) is 42.7 Å². The van der Waals surface area contributed by atoms with Gasteiger partial charge in [0, 0.05) is 18.6 Å². The van der Waals surface area contributed by atoms with Gasteiger partial charge in [-0.1, -0.05) is 13.0 Å². The van der Waals surface area contributed by atoms with Crippen molar-refractivity contribution in [3.8, 4) is 0 Å². The molecule has 0 bridgehead atoms. The molecule has 0 aromatic carbocycles. The summed E-state index contributed by atoms with van der Waals surface area (Å²) in [5, 5.41) is 3.03. The predicted octanol–water partition coefficient (Wildman–Crippen LogP) is 2.60. The van der Waals surface area contributed by atoms with E-state index in [-0.39, 0.29) is 11.9 Å². The molecule has 20 heavy (non-hydrogen) atoms. The molecule has 2 aromatic rings. The van der Waals surface area contributed by atoms with Gasteiger partial charge in [0.15, 0.2) is 0 Å². The lowest BCUT2D eigenvalue weighted by atomic mass is 10.1. The van der Waals surface area contributed by atoms with Crippen molar-refractivity contribution in [1.82, 2.24) is 15.3 Å². The van der Waals surface area contributed by atoms with Crippen LogP contribution in [-0.4, -0.2) is 15.9 Å². The molecule has 104 valence electrons. The zero-order chi connectivity index (χ0) is 14.4. The average molecular weight is 269 g/mol. The van der Waals surface area contributed by atoms with Crippen molar-refractivity contribution in [1.29, 1.82) is 0 Å². The normalized spacial score (nSPS) is 11.9. The molecule has 0 aliphatic carbocycles. The molecule has 2 heterocycles. The molecule has 1 N–H and O–H groups in total. The third-order valence-electron chi connectivity index (χ3n) is 3.15. The van der Waals surface area contributed by atoms with Crippen molar-refractivity contribution in [2.75, 3.05) is 0 Å². The lowest BCUT2D eigenvalue weighted by Gasteiger charge is -2.16. The van der Waals surface area contributed by atoms with Crippen molar-refractivity contribution >= 4 is 5.91 Å². The first-order chi connectivity index (χ1) is 9.69. The van der Waals surface area contributed by atoms with Crippen molar-refractivity contribution in [3.63, 3.8) is 0 Å². The Hall–Kier alpha value is -2.23. The SMILES string of the molecule is CC[C@@H](NC(=O)Cc1ccncc1)c1ccc(C)cn1. The van der Waals surface area contributed by atoms with Crippen LogP contribution in [0, 0.1) is 6.92 Å². The van der Waals surface area contributed by atoms with Gasteiger partial charge in [0.1, 0.15) is 0 Å². The zero-order valence-electron chi connectivity index (χ0n) is 11.8. The van der Waals surface area contributed by atoms with Crippen LogP contribution in [0.5, 0.6) is 0 Å². The number of aromatic nitrogens is 2. The Morgan fingerprint density at radius 3 is 2.60 bits per heavy atom. The van der Waals surface area contributed by atoms with Crippen LogP contribution >= 0.6 is 0 Å². The second-order valence-electron chi connectivity index (χ2n) is 4.82. The van der Waals surface area contributed by atoms with Crippen LogP contribution in [-0.2, 0) is 11.2 Å². The Morgan fingerprint density at radius 2 is 2.00 bits per heavy atom. The molecule has 0 fully saturated rings. The van der Waals surface area contributed by atoms with E-state index in [1.54, 1.807) is 12.4 Å². The molecule has 0 saturated carbocycles. The summed E-state index contributed by atoms with van der Waals surface area (Å²) < 4.78 is 0. The van der Waals surface area contributed by atoms with Crippen LogP contribution in [0.1, 0.15) is 36.2 Å². The number of pyridine rings is 2. The molecule has 0 unspecified atom stereocenters. The van der Waals surface area contributed by atoms with E-state index < -0.39 is 0 Å². The third kappa shape index (κ3) is 3.88. The number of nitrogens with zero attached hydrogens (tertiary/aromatic N) is 2. The third-order valence-corrected chi connectivity index (χ3v) is 3.15. The van der Waals surface area contributed by atoms with Crippen LogP contribution < -0.4 is 5.32 Å². The number of carbonyl (C=O) groups excluding carboxylic acids is 1. The van der Waals surface area contributed by atoms with E-state index >= 15 is 0 Å². The smallest absolute Gasteiger partial charge is 0.224 e. The lowest BCUT2D eigenvalue weighted by Crippen LogP contribution is -2.30. The second-order valence-corrected chi connectivity index (χ2v) is 4.82. The summed E-state index contributed by atoms with van der Waals surface area (Å²) in [6.07, 6.45) is 6.40. The first-order valence-corrected chi connectivity index (χ1v) is 6.80. The summed E-state index contributed by atoms with van der Waals surface area (Å²) in [5.74, 6) is 0.00502. The first-order valence-electron chi connectivity index (χ1n) is 6.80. The molecular weight excluding hydrogens is 250 g/mol. The number of rotatable bonds is 5. The number of hydrogen-bond acceptors (Lipinski definition) is 3. The van der Waals surface area contributed by atoms with E-state index in [0.29, 0.717) is 6.42 Å². The van der Waals surface area contributed by atoms with Crippen molar-refractivity contribution in [3.05, 3.63) is 59.7 Å². The summed E-state index contributed by atoms with van der Waals surface area (Å²) in [4.78, 5) is 20.4. The Morgan fingerprint density at radius 1 is 1.25 bits per heavy atom. The average Bonchev–Trinajstić information content (AvgIpc) is 2.47. The Balaban J connectivity index is 1.99. The van der Waals surface area contributed by atoms with Crippen molar-refractivity contribution < 1.29 is 4.79 Å². The fraction of sp³-hybridized carbons (Fsp3) is 0.312. The van der Waals surface area contributed by atoms with E-state index in [1.165, 1.54) is 0 Å². The highest BCUT2D eigenvalue weighted by molar-refractivity contribution is 5.78. The van der Waals surface area contributed by atoms with Crippen LogP contribution in [0.2, 0.25) is 0 Å². The largest absolute Gasteiger partial charge is 0.347 e. The van der Waals surface area contributed by atoms with Gasteiger partial charge < -0.3 is 5.32 Å². The molecule has 0 aliphatic rings. The molecule has 1 amide bonds. The molecule has 0 spiro atoms. The summed E-state index contributed by atoms with van der Waals surface area (Å²) in [6, 6.07) is 7.65. The molecule has 2 aromatic heterocycles. The highest BCUT2D eigenvalue weighted by Crippen LogP contribution is 2.14. The number of amides is 1. The van der Waals surface area contributed by atoms with Crippen molar-refractivity contribution in [2.45, 2.75) is 32.7 Å². The minimum atomic E-state index is -0.0371. The fourth-order valence-electron chi connectivity index (χ4n) is 2.00. The van der Waals surface area contributed by atoms with Gasteiger partial charge in [0.05, 0.1) is 18.2 Å². The Labute approximate surface area is 119 Å². The molecule has 1 atom stereocenters. The van der Waals surface area contributed by atoms with Gasteiger partial charge in [-0.2, -0.15) is 0 Å². The maximum Gasteiger partial charge on any atom is 0.224 e. The van der Waals surface area contributed by atoms with Crippen molar-refractivity contribution in [2.24, 2.45) is 0 Å². The summed E-state index contributed by atoms with van der Waals surface area (Å²) in [5.41, 5.74) is 2.98. The van der Waals surface area contributed by atoms with E-state index in [1.807, 2.05) is 44.3 Å². The second kappa shape index (κ2) is 6.80. The van der Waals surface area contributed by atoms with Gasteiger partial charge in [0.2, 0.25) is 5.91 Å². The Bertz CT molecular complexity index is 552. The van der Waals surface area contributed by atoms with Gasteiger partial charge in [0.25, 0.3) is 0 Å². The molecule has 4 nitrogen and oxygen atoms in total. The van der Waals surface area contributed by atoms with Gasteiger partial charge in [-0.25, -0.2) is 0 Å². The van der Waals surface area contributed by atoms with E-state index in [2.05, 4.69) is 15.3 Å². The van der Waals surface area contributed by atoms with Crippen LogP contribution in [0.3, 0.4) is 0 Å². The van der Waals surface area contributed by atoms with Gasteiger partial charge in [-0.3, -0.25) is 14.8 Å². The van der Waals surface area contributed by atoms with E-state index in [0.717, 1.165) is 23.2 Å². The number of hydrogen-bond donors (Lipinski definition) is 1. The van der Waals surface area contributed by atoms with E-state index in [9.17, 15) is 4.79 Å². The molecule has 4 heteroatoms. The highest BCUT2D eigenvalue weighted by atomic mass is 16.1. The minimum absolute atomic E-state index is 0.00502. The summed E-state index contributed by atoms with van der Waals surface area (Å²) in [6.45, 7) is 4.04. The zero-order valence-corrected chi connectivity index (χ0v) is 11.8. The molecule has 0 saturated heterocycles. The van der Waals surface area contributed by atoms with Crippen LogP contribution in [0.15, 0.2) is 42.9 Å². The van der Waals surface area contributed by atoms with Crippen LogP contribution in [0.25, 0.3) is 0 Å². The maximum absolute atomic E-state index is 12.1. The maximum atomic E-state index is 12.1. The topological polar surface area (TPSA) is 54.9 Å². The fourth-order valence-corrected chi connectivity index (χ4v) is 2.00. The summed E-state index contributed by atoms with van der Waals surface area (Å²) in [7, 11) is 0. The molecule has 0 aliphatic heterocycles. The minimum Gasteiger partial charge on any atom is -0.347 e. The molecular formula is C16H19N3O.